The van der Waals surface area contributed by atoms with E-state index in [9.17, 15) is 26.4 Å². The number of aromatic nitrogens is 2. The van der Waals surface area contributed by atoms with Crippen LogP contribution in [0, 0.1) is 5.92 Å². The van der Waals surface area contributed by atoms with Crippen LogP contribution in [0.15, 0.2) is 59.0 Å². The number of nitrogens with zero attached hydrogens (tertiary/aromatic N) is 4. The molecule has 12 heteroatoms. The van der Waals surface area contributed by atoms with Crippen molar-refractivity contribution >= 4 is 21.6 Å². The molecule has 2 heterocycles. The molecule has 0 spiro atoms. The van der Waals surface area contributed by atoms with Gasteiger partial charge in [-0.05, 0) is 29.8 Å². The SMILES string of the molecule is CS(=O)(=O)N1CC(C(=O)N(Cc2ccc(-c3nnc(C(F)(F)F)o3)cc2)c2ccccc2)C1. The fraction of sp³-hybridized carbons (Fsp3) is 0.286. The molecule has 0 radical (unpaired) electrons. The monoisotopic (exact) mass is 480 g/mol. The predicted molar refractivity (Wildman–Crippen MR) is 112 cm³/mol. The van der Waals surface area contributed by atoms with E-state index in [0.717, 1.165) is 6.26 Å². The summed E-state index contributed by atoms with van der Waals surface area (Å²) in [6.45, 7) is 0.438. The first kappa shape index (κ1) is 22.9. The zero-order chi connectivity index (χ0) is 23.8. The smallest absolute Gasteiger partial charge is 0.413 e. The molecule has 8 nitrogen and oxygen atoms in total. The zero-order valence-corrected chi connectivity index (χ0v) is 18.2. The lowest BCUT2D eigenvalue weighted by Crippen LogP contribution is -2.56. The number of carbonyl (C=O) groups is 1. The Morgan fingerprint density at radius 1 is 1.09 bits per heavy atom. The topological polar surface area (TPSA) is 96.6 Å². The minimum atomic E-state index is -4.73. The average Bonchev–Trinajstić information content (AvgIpc) is 3.22. The van der Waals surface area contributed by atoms with Crippen LogP contribution in [0.3, 0.4) is 0 Å². The summed E-state index contributed by atoms with van der Waals surface area (Å²) in [5.74, 6) is -2.36. The van der Waals surface area contributed by atoms with Crippen LogP contribution in [0.5, 0.6) is 0 Å². The molecular formula is C21H19F3N4O4S. The summed E-state index contributed by atoms with van der Waals surface area (Å²) in [5, 5.41) is 6.45. The van der Waals surface area contributed by atoms with Crippen LogP contribution in [0.25, 0.3) is 11.5 Å². The number of anilines is 1. The Kier molecular flexibility index (Phi) is 5.97. The van der Waals surface area contributed by atoms with E-state index in [4.69, 9.17) is 0 Å². The maximum absolute atomic E-state index is 13.2. The molecule has 1 fully saturated rings. The van der Waals surface area contributed by atoms with E-state index in [1.54, 1.807) is 41.3 Å². The number of benzene rings is 2. The third-order valence-electron chi connectivity index (χ3n) is 5.21. The number of sulfonamides is 1. The van der Waals surface area contributed by atoms with E-state index in [-0.39, 0.29) is 31.4 Å². The average molecular weight is 480 g/mol. The second-order valence-electron chi connectivity index (χ2n) is 7.64. The van der Waals surface area contributed by atoms with E-state index in [2.05, 4.69) is 14.6 Å². The third-order valence-corrected chi connectivity index (χ3v) is 6.45. The van der Waals surface area contributed by atoms with Gasteiger partial charge in [-0.3, -0.25) is 4.79 Å². The molecule has 0 saturated carbocycles. The van der Waals surface area contributed by atoms with Crippen LogP contribution < -0.4 is 4.90 Å². The van der Waals surface area contributed by atoms with Crippen molar-refractivity contribution in [2.24, 2.45) is 5.92 Å². The number of carbonyl (C=O) groups excluding carboxylic acids is 1. The summed E-state index contributed by atoms with van der Waals surface area (Å²) < 4.78 is 67.2. The molecule has 1 amide bonds. The van der Waals surface area contributed by atoms with Gasteiger partial charge in [0.2, 0.25) is 21.8 Å². The highest BCUT2D eigenvalue weighted by molar-refractivity contribution is 7.88. The lowest BCUT2D eigenvalue weighted by atomic mass is 10.0. The van der Waals surface area contributed by atoms with E-state index in [0.29, 0.717) is 16.8 Å². The summed E-state index contributed by atoms with van der Waals surface area (Å²) >= 11 is 0. The number of para-hydroxylation sites is 1. The maximum Gasteiger partial charge on any atom is 0.470 e. The minimum Gasteiger partial charge on any atom is -0.413 e. The third kappa shape index (κ3) is 5.06. The Morgan fingerprint density at radius 3 is 2.27 bits per heavy atom. The van der Waals surface area contributed by atoms with Gasteiger partial charge in [0.05, 0.1) is 18.7 Å². The largest absolute Gasteiger partial charge is 0.470 e. The number of amides is 1. The Hall–Kier alpha value is -3.25. The molecule has 0 bridgehead atoms. The molecule has 33 heavy (non-hydrogen) atoms. The predicted octanol–water partition coefficient (Wildman–Crippen LogP) is 3.18. The minimum absolute atomic E-state index is 0.124. The van der Waals surface area contributed by atoms with Gasteiger partial charge in [-0.2, -0.15) is 13.2 Å². The van der Waals surface area contributed by atoms with Crippen LogP contribution in [-0.2, 0) is 27.5 Å². The number of hydrogen-bond donors (Lipinski definition) is 0. The van der Waals surface area contributed by atoms with Crippen molar-refractivity contribution in [1.29, 1.82) is 0 Å². The Balaban J connectivity index is 1.52. The van der Waals surface area contributed by atoms with E-state index in [1.165, 1.54) is 16.4 Å². The molecule has 0 atom stereocenters. The van der Waals surface area contributed by atoms with Gasteiger partial charge in [-0.1, -0.05) is 30.3 Å². The quantitative estimate of drug-likeness (QED) is 0.538. The van der Waals surface area contributed by atoms with Crippen LogP contribution in [0.2, 0.25) is 0 Å². The van der Waals surface area contributed by atoms with Crippen molar-refractivity contribution in [2.45, 2.75) is 12.7 Å². The highest BCUT2D eigenvalue weighted by atomic mass is 32.2. The van der Waals surface area contributed by atoms with Gasteiger partial charge in [0.15, 0.2) is 0 Å². The van der Waals surface area contributed by atoms with Crippen molar-refractivity contribution in [3.05, 3.63) is 66.1 Å². The fourth-order valence-corrected chi connectivity index (χ4v) is 4.28. The normalized spacial score (nSPS) is 15.3. The molecule has 3 aromatic rings. The summed E-state index contributed by atoms with van der Waals surface area (Å²) in [4.78, 5) is 14.7. The Morgan fingerprint density at radius 2 is 1.73 bits per heavy atom. The highest BCUT2D eigenvalue weighted by Crippen LogP contribution is 2.31. The molecule has 0 N–H and O–H groups in total. The maximum atomic E-state index is 13.2. The summed E-state index contributed by atoms with van der Waals surface area (Å²) in [5.41, 5.74) is 1.67. The van der Waals surface area contributed by atoms with Crippen LogP contribution in [0.1, 0.15) is 11.5 Å². The van der Waals surface area contributed by atoms with E-state index >= 15 is 0 Å². The van der Waals surface area contributed by atoms with E-state index < -0.39 is 28.0 Å². The lowest BCUT2D eigenvalue weighted by molar-refractivity contribution is -0.157. The van der Waals surface area contributed by atoms with E-state index in [1.807, 2.05) is 6.07 Å². The number of hydrogen-bond acceptors (Lipinski definition) is 6. The van der Waals surface area contributed by atoms with Crippen molar-refractivity contribution < 1.29 is 30.8 Å². The van der Waals surface area contributed by atoms with Gasteiger partial charge in [-0.15, -0.1) is 10.2 Å². The molecule has 1 aromatic heterocycles. The van der Waals surface area contributed by atoms with Gasteiger partial charge < -0.3 is 9.32 Å². The molecule has 2 aromatic carbocycles. The molecule has 1 aliphatic heterocycles. The molecule has 1 saturated heterocycles. The summed E-state index contributed by atoms with van der Waals surface area (Å²) in [7, 11) is -3.35. The Labute approximate surface area is 187 Å². The summed E-state index contributed by atoms with van der Waals surface area (Å²) in [6, 6.07) is 15.3. The molecule has 0 unspecified atom stereocenters. The summed E-state index contributed by atoms with van der Waals surface area (Å²) in [6.07, 6.45) is -3.62. The first-order valence-corrected chi connectivity index (χ1v) is 11.7. The highest BCUT2D eigenvalue weighted by Gasteiger charge is 2.40. The van der Waals surface area contributed by atoms with Crippen molar-refractivity contribution in [3.8, 4) is 11.5 Å². The molecule has 0 aliphatic carbocycles. The number of alkyl halides is 3. The molecule has 1 aliphatic rings. The van der Waals surface area contributed by atoms with Gasteiger partial charge in [0.25, 0.3) is 0 Å². The van der Waals surface area contributed by atoms with Gasteiger partial charge in [0, 0.05) is 24.3 Å². The van der Waals surface area contributed by atoms with Gasteiger partial charge in [0.1, 0.15) is 0 Å². The first-order valence-electron chi connectivity index (χ1n) is 9.84. The first-order chi connectivity index (χ1) is 15.5. The zero-order valence-electron chi connectivity index (χ0n) is 17.4. The molecule has 174 valence electrons. The number of halogens is 3. The van der Waals surface area contributed by atoms with Crippen LogP contribution in [-0.4, -0.2) is 48.2 Å². The van der Waals surface area contributed by atoms with Gasteiger partial charge >= 0.3 is 12.1 Å². The second kappa shape index (κ2) is 8.60. The lowest BCUT2D eigenvalue weighted by Gasteiger charge is -2.39. The molecular weight excluding hydrogens is 461 g/mol. The van der Waals surface area contributed by atoms with Crippen molar-refractivity contribution in [3.63, 3.8) is 0 Å². The van der Waals surface area contributed by atoms with Crippen LogP contribution >= 0.6 is 0 Å². The van der Waals surface area contributed by atoms with Crippen molar-refractivity contribution in [2.75, 3.05) is 24.2 Å². The standard InChI is InChI=1S/C21H19F3N4O4S/c1-33(30,31)27-12-16(13-27)19(29)28(17-5-3-2-4-6-17)11-14-7-9-15(10-8-14)18-25-26-20(32-18)21(22,23)24/h2-10,16H,11-13H2,1H3. The van der Waals surface area contributed by atoms with Crippen LogP contribution in [0.4, 0.5) is 18.9 Å². The fourth-order valence-electron chi connectivity index (χ4n) is 3.38. The molecule has 4 rings (SSSR count). The Bertz CT molecular complexity index is 1240. The number of rotatable bonds is 6. The van der Waals surface area contributed by atoms with Gasteiger partial charge in [-0.25, -0.2) is 12.7 Å². The second-order valence-corrected chi connectivity index (χ2v) is 9.63. The van der Waals surface area contributed by atoms with Crippen molar-refractivity contribution in [1.82, 2.24) is 14.5 Å².